The Balaban J connectivity index is 6.12. The molecule has 208 valence electrons. The summed E-state index contributed by atoms with van der Waals surface area (Å²) in [6.07, 6.45) is -12.9. The zero-order valence-corrected chi connectivity index (χ0v) is 15.9. The van der Waals surface area contributed by atoms with E-state index in [0.29, 0.717) is 0 Å². The van der Waals surface area contributed by atoms with Crippen molar-refractivity contribution < 1.29 is 94.1 Å². The number of carboxylic acid groups (broad SMARTS) is 1. The van der Waals surface area contributed by atoms with Gasteiger partial charge in [-0.05, 0) is 0 Å². The van der Waals surface area contributed by atoms with E-state index in [0.717, 1.165) is 0 Å². The highest BCUT2D eigenvalue weighted by Gasteiger charge is 2.95. The van der Waals surface area contributed by atoms with E-state index in [-0.39, 0.29) is 0 Å². The molecule has 0 heterocycles. The van der Waals surface area contributed by atoms with Crippen molar-refractivity contribution in [1.82, 2.24) is 0 Å². The zero-order chi connectivity index (χ0) is 28.7. The van der Waals surface area contributed by atoms with Gasteiger partial charge in [-0.1, -0.05) is 0 Å². The van der Waals surface area contributed by atoms with Crippen LogP contribution in [0.1, 0.15) is 19.3 Å². The van der Waals surface area contributed by atoms with E-state index in [2.05, 4.69) is 4.74 Å². The van der Waals surface area contributed by atoms with Crippen molar-refractivity contribution in [3.8, 4) is 0 Å². The minimum absolute atomic E-state index is 1.04. The Hall–Kier alpha value is -2.25. The fourth-order valence-corrected chi connectivity index (χ4v) is 1.93. The van der Waals surface area contributed by atoms with Gasteiger partial charge >= 0.3 is 59.6 Å². The van der Waals surface area contributed by atoms with Gasteiger partial charge in [-0.3, -0.25) is 9.59 Å². The maximum absolute atomic E-state index is 13.5. The van der Waals surface area contributed by atoms with Gasteiger partial charge < -0.3 is 9.84 Å². The van der Waals surface area contributed by atoms with E-state index in [9.17, 15) is 84.2 Å². The van der Waals surface area contributed by atoms with Crippen LogP contribution in [0.15, 0.2) is 0 Å². The summed E-state index contributed by atoms with van der Waals surface area (Å²) in [4.78, 5) is 21.1. The third kappa shape index (κ3) is 5.31. The van der Waals surface area contributed by atoms with Gasteiger partial charge in [-0.25, -0.2) is 0 Å². The topological polar surface area (TPSA) is 63.6 Å². The first-order valence-electron chi connectivity index (χ1n) is 8.15. The van der Waals surface area contributed by atoms with Gasteiger partial charge in [0, 0.05) is 0 Å². The molecule has 0 spiro atoms. The Morgan fingerprint density at radius 2 is 0.886 bits per heavy atom. The van der Waals surface area contributed by atoms with E-state index < -0.39 is 85.4 Å². The quantitative estimate of drug-likeness (QED) is 0.241. The van der Waals surface area contributed by atoms with Gasteiger partial charge in [0.25, 0.3) is 0 Å². The average Bonchev–Trinajstić information content (AvgIpc) is 2.64. The first-order valence-corrected chi connectivity index (χ1v) is 8.15. The first-order chi connectivity index (χ1) is 15.1. The number of carbonyl (C=O) groups is 2. The molecule has 21 heteroatoms. The number of ether oxygens (including phenoxy) is 1. The average molecular weight is 564 g/mol. The highest BCUT2D eigenvalue weighted by Crippen LogP contribution is 2.64. The van der Waals surface area contributed by atoms with Gasteiger partial charge in [0.05, 0.1) is 25.9 Å². The molecule has 0 radical (unpaired) electrons. The molecule has 0 bridgehead atoms. The van der Waals surface area contributed by atoms with Crippen LogP contribution in [0.25, 0.3) is 0 Å². The maximum atomic E-state index is 13.5. The van der Waals surface area contributed by atoms with Crippen LogP contribution in [0.4, 0.5) is 74.6 Å². The first kappa shape index (κ1) is 32.8. The van der Waals surface area contributed by atoms with Gasteiger partial charge in [0.15, 0.2) is 0 Å². The summed E-state index contributed by atoms with van der Waals surface area (Å²) in [6, 6.07) is 0. The van der Waals surface area contributed by atoms with Crippen molar-refractivity contribution in [3.05, 3.63) is 0 Å². The highest BCUT2D eigenvalue weighted by molar-refractivity contribution is 5.76. The Bertz CT molecular complexity index is 786. The molecule has 0 aromatic heterocycles. The van der Waals surface area contributed by atoms with E-state index >= 15 is 0 Å². The van der Waals surface area contributed by atoms with Crippen LogP contribution < -0.4 is 0 Å². The fraction of sp³-hybridized carbons (Fsp3) is 0.857. The minimum atomic E-state index is -8.72. The molecule has 0 rings (SSSR count). The van der Waals surface area contributed by atoms with Crippen LogP contribution in [0.5, 0.6) is 0 Å². The summed E-state index contributed by atoms with van der Waals surface area (Å²) in [6.45, 7) is -2.11. The largest absolute Gasteiger partial charge is 0.481 e. The van der Waals surface area contributed by atoms with E-state index in [1.54, 1.807) is 0 Å². The molecular formula is C14H9F17O4. The minimum Gasteiger partial charge on any atom is -0.481 e. The van der Waals surface area contributed by atoms with Gasteiger partial charge in [0.1, 0.15) is 0 Å². The Labute approximate surface area is 181 Å². The lowest BCUT2D eigenvalue weighted by atomic mass is 9.88. The predicted molar refractivity (Wildman–Crippen MR) is 73.1 cm³/mol. The normalized spacial score (nSPS) is 15.2. The van der Waals surface area contributed by atoms with Crippen molar-refractivity contribution in [2.24, 2.45) is 0 Å². The van der Waals surface area contributed by atoms with Gasteiger partial charge in [-0.15, -0.1) is 0 Å². The van der Waals surface area contributed by atoms with Crippen LogP contribution in [0.2, 0.25) is 0 Å². The van der Waals surface area contributed by atoms with Crippen LogP contribution >= 0.6 is 0 Å². The standard InChI is InChI=1S/C14H9F17O4/c15-7(16,3-4-35-6(34)2-1-5(32)33)8(17,18)9(19,20)10(21,22)11(23,24)12(25,26)13(27,28)14(29,30)31/h1-4H2,(H,32,33). The molecule has 0 aliphatic heterocycles. The summed E-state index contributed by atoms with van der Waals surface area (Å²) in [5.74, 6) is -60.6. The predicted octanol–water partition coefficient (Wildman–Crippen LogP) is 5.79. The molecule has 0 saturated carbocycles. The van der Waals surface area contributed by atoms with E-state index in [1.807, 2.05) is 0 Å². The third-order valence-electron chi connectivity index (χ3n) is 4.01. The second kappa shape index (κ2) is 9.32. The molecule has 0 amide bonds. The maximum Gasteiger partial charge on any atom is 0.460 e. The summed E-state index contributed by atoms with van der Waals surface area (Å²) in [7, 11) is 0. The van der Waals surface area contributed by atoms with Crippen molar-refractivity contribution >= 4 is 11.9 Å². The summed E-state index contributed by atoms with van der Waals surface area (Å²) >= 11 is 0. The lowest BCUT2D eigenvalue weighted by Crippen LogP contribution is -2.74. The Kier molecular flexibility index (Phi) is 8.72. The monoisotopic (exact) mass is 564 g/mol. The van der Waals surface area contributed by atoms with Gasteiger partial charge in [-0.2, -0.15) is 74.6 Å². The van der Waals surface area contributed by atoms with Gasteiger partial charge in [0.2, 0.25) is 0 Å². The molecule has 4 nitrogen and oxygen atoms in total. The zero-order valence-electron chi connectivity index (χ0n) is 15.9. The summed E-state index contributed by atoms with van der Waals surface area (Å²) in [5.41, 5.74) is 0. The van der Waals surface area contributed by atoms with Crippen LogP contribution in [0, 0.1) is 0 Å². The molecule has 0 aliphatic rings. The number of alkyl halides is 17. The van der Waals surface area contributed by atoms with Crippen molar-refractivity contribution in [1.29, 1.82) is 0 Å². The summed E-state index contributed by atoms with van der Waals surface area (Å²) < 4.78 is 225. The fourth-order valence-electron chi connectivity index (χ4n) is 1.93. The Morgan fingerprint density at radius 1 is 0.543 bits per heavy atom. The molecule has 0 saturated heterocycles. The highest BCUT2D eigenvalue weighted by atomic mass is 19.4. The second-order valence-electron chi connectivity index (χ2n) is 6.51. The van der Waals surface area contributed by atoms with E-state index in [1.165, 1.54) is 0 Å². The molecule has 1 N–H and O–H groups in total. The number of carbonyl (C=O) groups excluding carboxylic acids is 1. The molecule has 0 aromatic carbocycles. The summed E-state index contributed by atoms with van der Waals surface area (Å²) in [5, 5.41) is 8.20. The molecule has 35 heavy (non-hydrogen) atoms. The molecule has 0 aromatic rings. The lowest BCUT2D eigenvalue weighted by molar-refractivity contribution is -0.461. The van der Waals surface area contributed by atoms with Crippen molar-refractivity contribution in [2.45, 2.75) is 66.9 Å². The Morgan fingerprint density at radius 3 is 1.23 bits per heavy atom. The lowest BCUT2D eigenvalue weighted by Gasteiger charge is -2.42. The van der Waals surface area contributed by atoms with Crippen molar-refractivity contribution in [2.75, 3.05) is 6.61 Å². The number of halogens is 17. The van der Waals surface area contributed by atoms with Crippen LogP contribution in [0.3, 0.4) is 0 Å². The van der Waals surface area contributed by atoms with Crippen molar-refractivity contribution in [3.63, 3.8) is 0 Å². The third-order valence-corrected chi connectivity index (χ3v) is 4.01. The smallest absolute Gasteiger partial charge is 0.460 e. The van der Waals surface area contributed by atoms with E-state index in [4.69, 9.17) is 5.11 Å². The molecule has 0 fully saturated rings. The van der Waals surface area contributed by atoms with Crippen LogP contribution in [-0.4, -0.2) is 71.3 Å². The molecule has 0 unspecified atom stereocenters. The molecule has 0 atom stereocenters. The number of carboxylic acids is 1. The number of hydrogen-bond acceptors (Lipinski definition) is 3. The second-order valence-corrected chi connectivity index (χ2v) is 6.51. The SMILES string of the molecule is O=C(O)CCC(=O)OCCC(F)(F)C(F)(F)C(F)(F)C(F)(F)C(F)(F)C(F)(F)C(F)(F)C(F)(F)F. The number of esters is 1. The van der Waals surface area contributed by atoms with Crippen LogP contribution in [-0.2, 0) is 14.3 Å². The number of aliphatic carboxylic acids is 1. The number of hydrogen-bond donors (Lipinski definition) is 1. The molecular weight excluding hydrogens is 555 g/mol. The molecule has 0 aliphatic carbocycles. The number of rotatable bonds is 12.